The van der Waals surface area contributed by atoms with Gasteiger partial charge in [0.05, 0.1) is 19.1 Å². The van der Waals surface area contributed by atoms with Crippen LogP contribution < -0.4 is 38.5 Å². The summed E-state index contributed by atoms with van der Waals surface area (Å²) in [5.41, 5.74) is 15.9. The molecule has 0 fully saturated rings. The van der Waals surface area contributed by atoms with Gasteiger partial charge in [0, 0.05) is 12.2 Å². The van der Waals surface area contributed by atoms with Crippen molar-refractivity contribution in [2.45, 2.75) is 55.9 Å². The van der Waals surface area contributed by atoms with Gasteiger partial charge in [0.1, 0.15) is 24.2 Å². The first-order chi connectivity index (χ1) is 17.8. The van der Waals surface area contributed by atoms with Crippen LogP contribution in [-0.4, -0.2) is 106 Å². The van der Waals surface area contributed by atoms with Gasteiger partial charge >= 0.3 is 5.97 Å². The maximum Gasteiger partial charge on any atom is 0.326 e. The Morgan fingerprint density at radius 3 is 1.76 bits per heavy atom. The van der Waals surface area contributed by atoms with Gasteiger partial charge in [0.25, 0.3) is 0 Å². The Balaban J connectivity index is 5.39. The van der Waals surface area contributed by atoms with Crippen LogP contribution in [0.1, 0.15) is 25.7 Å². The molecule has 0 unspecified atom stereocenters. The highest BCUT2D eigenvalue weighted by molar-refractivity contribution is 7.98. The highest BCUT2D eigenvalue weighted by Gasteiger charge is 2.32. The highest BCUT2D eigenvalue weighted by Crippen LogP contribution is 2.03. The smallest absolute Gasteiger partial charge is 0.326 e. The predicted octanol–water partition coefficient (Wildman–Crippen LogP) is -4.85. The lowest BCUT2D eigenvalue weighted by Crippen LogP contribution is -2.60. The Kier molecular flexibility index (Phi) is 16.7. The number of nitrogens with one attached hydrogen (secondary N) is 4. The minimum atomic E-state index is -1.64. The van der Waals surface area contributed by atoms with Crippen molar-refractivity contribution in [1.29, 1.82) is 0 Å². The second kappa shape index (κ2) is 18.2. The normalized spacial score (nSPS) is 14.6. The summed E-state index contributed by atoms with van der Waals surface area (Å²) in [7, 11) is 0. The van der Waals surface area contributed by atoms with Crippen molar-refractivity contribution in [3.05, 3.63) is 0 Å². The molecule has 0 aliphatic heterocycles. The zero-order valence-corrected chi connectivity index (χ0v) is 22.4. The Bertz CT molecular complexity index is 878. The Labute approximate surface area is 228 Å². The fourth-order valence-corrected chi connectivity index (χ4v) is 3.56. The van der Waals surface area contributed by atoms with Gasteiger partial charge in [-0.3, -0.25) is 28.8 Å². The van der Waals surface area contributed by atoms with Crippen molar-refractivity contribution < 1.29 is 43.8 Å². The van der Waals surface area contributed by atoms with Gasteiger partial charge < -0.3 is 48.7 Å². The number of aliphatic hydroxyl groups excluding tert-OH is 1. The number of amides is 6. The number of carbonyl (C=O) groups excluding carboxylic acids is 6. The van der Waals surface area contributed by atoms with Gasteiger partial charge in [-0.05, 0) is 24.9 Å². The van der Waals surface area contributed by atoms with Gasteiger partial charge in [0.2, 0.25) is 35.4 Å². The number of nitrogens with two attached hydrogens (primary N) is 3. The van der Waals surface area contributed by atoms with Gasteiger partial charge in [-0.15, -0.1) is 0 Å². The van der Waals surface area contributed by atoms with Crippen LogP contribution in [0.25, 0.3) is 0 Å². The summed E-state index contributed by atoms with van der Waals surface area (Å²) >= 11 is 5.44. The van der Waals surface area contributed by atoms with Crippen molar-refractivity contribution in [3.8, 4) is 0 Å². The lowest BCUT2D eigenvalue weighted by Gasteiger charge is -2.25. The van der Waals surface area contributed by atoms with Gasteiger partial charge in [0.15, 0.2) is 0 Å². The minimum Gasteiger partial charge on any atom is -0.480 e. The molecule has 5 atom stereocenters. The first-order valence-corrected chi connectivity index (χ1v) is 13.3. The molecule has 0 rings (SSSR count). The monoisotopic (exact) mass is 581 g/mol. The molecule has 16 nitrogen and oxygen atoms in total. The molecule has 0 aliphatic rings. The maximum atomic E-state index is 12.7. The molecule has 0 heterocycles. The molecule has 6 amide bonds. The molecule has 38 heavy (non-hydrogen) atoms. The Hall–Kier alpha value is -3.09. The van der Waals surface area contributed by atoms with Gasteiger partial charge in [-0.2, -0.15) is 24.4 Å². The summed E-state index contributed by atoms with van der Waals surface area (Å²) < 4.78 is 0. The van der Waals surface area contributed by atoms with E-state index >= 15 is 0 Å². The number of aliphatic hydroxyl groups is 1. The van der Waals surface area contributed by atoms with Crippen LogP contribution in [0.4, 0.5) is 0 Å². The van der Waals surface area contributed by atoms with E-state index in [2.05, 4.69) is 33.9 Å². The standard InChI is InChI=1S/C20H35N7O9S2/c1-38-5-4-9(21)16(31)26-12(7-28)18(33)27-13(8-37)19(34)25-11(6-15(23)30)17(32)24-10(20(35)36)2-3-14(22)29/h9-13,28,37H,2-8,21H2,1H3,(H2,22,29)(H2,23,30)(H,24,32)(H,25,34)(H,26,31)(H,27,33)(H,35,36)/t9-,10-,11-,12-,13-/m0/s1. The van der Waals surface area contributed by atoms with Crippen molar-refractivity contribution in [2.75, 3.05) is 24.4 Å². The summed E-state index contributed by atoms with van der Waals surface area (Å²) in [4.78, 5) is 83.9. The van der Waals surface area contributed by atoms with E-state index < -0.39 is 84.6 Å². The maximum absolute atomic E-state index is 12.7. The van der Waals surface area contributed by atoms with E-state index in [9.17, 15) is 43.8 Å². The number of hydrogen-bond acceptors (Lipinski definition) is 11. The zero-order valence-electron chi connectivity index (χ0n) is 20.7. The van der Waals surface area contributed by atoms with E-state index in [-0.39, 0.29) is 18.6 Å². The molecular weight excluding hydrogens is 546 g/mol. The number of thioether (sulfide) groups is 1. The van der Waals surface area contributed by atoms with Crippen molar-refractivity contribution in [1.82, 2.24) is 21.3 Å². The van der Waals surface area contributed by atoms with Crippen LogP contribution in [0.5, 0.6) is 0 Å². The van der Waals surface area contributed by atoms with Gasteiger partial charge in [-0.1, -0.05) is 0 Å². The van der Waals surface area contributed by atoms with E-state index in [0.717, 1.165) is 0 Å². The minimum absolute atomic E-state index is 0.307. The number of rotatable bonds is 19. The number of aliphatic carboxylic acids is 1. The second-order valence-electron chi connectivity index (χ2n) is 8.01. The van der Waals surface area contributed by atoms with Gasteiger partial charge in [-0.25, -0.2) is 4.79 Å². The number of thiol groups is 1. The number of hydrogen-bond donors (Lipinski definition) is 10. The molecule has 0 saturated carbocycles. The van der Waals surface area contributed by atoms with Crippen LogP contribution >= 0.6 is 24.4 Å². The van der Waals surface area contributed by atoms with Crippen LogP contribution in [-0.2, 0) is 33.6 Å². The number of primary amides is 2. The zero-order chi connectivity index (χ0) is 29.4. The molecule has 0 aromatic carbocycles. The summed E-state index contributed by atoms with van der Waals surface area (Å²) in [6.45, 7) is -0.817. The molecule has 0 aromatic rings. The van der Waals surface area contributed by atoms with E-state index in [4.69, 9.17) is 17.2 Å². The summed E-state index contributed by atoms with van der Waals surface area (Å²) in [5.74, 6) is -6.78. The third-order valence-electron chi connectivity index (χ3n) is 4.93. The molecule has 0 spiro atoms. The third-order valence-corrected chi connectivity index (χ3v) is 5.94. The lowest BCUT2D eigenvalue weighted by molar-refractivity contribution is -0.142. The molecule has 0 aromatic heterocycles. The Morgan fingerprint density at radius 1 is 0.789 bits per heavy atom. The summed E-state index contributed by atoms with van der Waals surface area (Å²) in [6.07, 6.45) is 0.712. The van der Waals surface area contributed by atoms with Crippen LogP contribution in [0, 0.1) is 0 Å². The average molecular weight is 582 g/mol. The van der Waals surface area contributed by atoms with E-state index in [0.29, 0.717) is 12.2 Å². The van der Waals surface area contributed by atoms with E-state index in [1.54, 1.807) is 0 Å². The fraction of sp³-hybridized carbons (Fsp3) is 0.650. The second-order valence-corrected chi connectivity index (χ2v) is 9.36. The van der Waals surface area contributed by atoms with Crippen molar-refractivity contribution >= 4 is 65.8 Å². The molecule has 0 aliphatic carbocycles. The Morgan fingerprint density at radius 2 is 1.29 bits per heavy atom. The first kappa shape index (κ1) is 34.9. The largest absolute Gasteiger partial charge is 0.480 e. The van der Waals surface area contributed by atoms with E-state index in [1.807, 2.05) is 6.26 Å². The SMILES string of the molecule is CSCC[C@H](N)C(=O)N[C@@H](CO)C(=O)N[C@@H](CS)C(=O)N[C@@H](CC(N)=O)C(=O)N[C@@H](CCC(N)=O)C(=O)O. The number of carboxylic acid groups (broad SMARTS) is 1. The first-order valence-electron chi connectivity index (χ1n) is 11.2. The molecule has 0 saturated heterocycles. The summed E-state index contributed by atoms with van der Waals surface area (Å²) in [6, 6.07) is -6.99. The lowest BCUT2D eigenvalue weighted by atomic mass is 10.1. The predicted molar refractivity (Wildman–Crippen MR) is 140 cm³/mol. The van der Waals surface area contributed by atoms with Crippen LogP contribution in [0.3, 0.4) is 0 Å². The van der Waals surface area contributed by atoms with Crippen molar-refractivity contribution in [3.63, 3.8) is 0 Å². The molecule has 18 heteroatoms. The molecule has 0 bridgehead atoms. The average Bonchev–Trinajstić information content (AvgIpc) is 2.84. The van der Waals surface area contributed by atoms with Crippen molar-refractivity contribution in [2.24, 2.45) is 17.2 Å². The fourth-order valence-electron chi connectivity index (χ4n) is 2.81. The summed E-state index contributed by atoms with van der Waals surface area (Å²) in [5, 5.41) is 27.6. The topological polar surface area (TPSA) is 286 Å². The molecular formula is C20H35N7O9S2. The molecule has 0 radical (unpaired) electrons. The van der Waals surface area contributed by atoms with Crippen LogP contribution in [0.2, 0.25) is 0 Å². The van der Waals surface area contributed by atoms with E-state index in [1.165, 1.54) is 11.8 Å². The highest BCUT2D eigenvalue weighted by atomic mass is 32.2. The number of carbonyl (C=O) groups is 7. The van der Waals surface area contributed by atoms with Crippen LogP contribution in [0.15, 0.2) is 0 Å². The quantitative estimate of drug-likeness (QED) is 0.0645. The third kappa shape index (κ3) is 13.5. The molecule has 216 valence electrons. The number of carboxylic acids is 1. The molecule has 12 N–H and O–H groups in total.